The Morgan fingerprint density at radius 2 is 1.89 bits per heavy atom. The van der Waals surface area contributed by atoms with Crippen molar-refractivity contribution in [3.05, 3.63) is 0 Å². The van der Waals surface area contributed by atoms with E-state index in [2.05, 4.69) is 0 Å². The van der Waals surface area contributed by atoms with E-state index in [9.17, 15) is 23.5 Å². The molecule has 6 nitrogen and oxygen atoms in total. The van der Waals surface area contributed by atoms with Crippen LogP contribution in [0.5, 0.6) is 0 Å². The van der Waals surface area contributed by atoms with Gasteiger partial charge in [-0.05, 0) is 12.8 Å². The average Bonchev–Trinajstić information content (AvgIpc) is 2.25. The van der Waals surface area contributed by atoms with Gasteiger partial charge in [-0.1, -0.05) is 0 Å². The Hall–Kier alpha value is -0.960. The maximum absolute atomic E-state index is 12.5. The van der Waals surface area contributed by atoms with E-state index in [-0.39, 0.29) is 32.5 Å². The summed E-state index contributed by atoms with van der Waals surface area (Å²) in [4.78, 5) is 19.0. The number of carboxylic acid groups (broad SMARTS) is 1. The van der Waals surface area contributed by atoms with Crippen LogP contribution in [0.2, 0.25) is 0 Å². The van der Waals surface area contributed by atoms with E-state index in [0.717, 1.165) is 4.90 Å². The number of hydrogen-bond donors (Lipinski definition) is 3. The summed E-state index contributed by atoms with van der Waals surface area (Å²) in [6.07, 6.45) is -0.908. The Morgan fingerprint density at radius 1 is 1.39 bits per heavy atom. The number of carbonyl (C=O) groups excluding carboxylic acids is 1. The number of hydrogen-bond acceptors (Lipinski definition) is 3. The standard InChI is InChI=1S/C9H13BrF2N2O4/c10-9(11,12)6(15)13-5-8(18)1-3-14(4-2-8)7(16)17/h18H,1-5H2,(H,13,15)(H,16,17). The van der Waals surface area contributed by atoms with Gasteiger partial charge in [0.05, 0.1) is 5.60 Å². The fourth-order valence-corrected chi connectivity index (χ4v) is 1.78. The molecule has 0 radical (unpaired) electrons. The molecule has 1 rings (SSSR count). The first-order valence-electron chi connectivity index (χ1n) is 5.19. The highest BCUT2D eigenvalue weighted by Crippen LogP contribution is 2.24. The van der Waals surface area contributed by atoms with Gasteiger partial charge in [0.15, 0.2) is 0 Å². The zero-order valence-electron chi connectivity index (χ0n) is 9.33. The summed E-state index contributed by atoms with van der Waals surface area (Å²) in [7, 11) is 0. The quantitative estimate of drug-likeness (QED) is 0.661. The molecular weight excluding hydrogens is 318 g/mol. The number of likely N-dealkylation sites (tertiary alicyclic amines) is 1. The lowest BCUT2D eigenvalue weighted by atomic mass is 9.91. The molecule has 1 heterocycles. The Bertz CT molecular complexity index is 340. The normalized spacial score (nSPS) is 19.4. The van der Waals surface area contributed by atoms with Gasteiger partial charge in [0, 0.05) is 35.6 Å². The van der Waals surface area contributed by atoms with Gasteiger partial charge < -0.3 is 20.4 Å². The van der Waals surface area contributed by atoms with Gasteiger partial charge in [-0.25, -0.2) is 4.79 Å². The fourth-order valence-electron chi connectivity index (χ4n) is 1.64. The van der Waals surface area contributed by atoms with E-state index in [0.29, 0.717) is 0 Å². The van der Waals surface area contributed by atoms with Gasteiger partial charge in [-0.3, -0.25) is 4.79 Å². The molecule has 0 aromatic carbocycles. The average molecular weight is 331 g/mol. The number of amides is 2. The fraction of sp³-hybridized carbons (Fsp3) is 0.778. The first-order chi connectivity index (χ1) is 8.14. The van der Waals surface area contributed by atoms with Gasteiger partial charge in [0.25, 0.3) is 0 Å². The molecule has 0 saturated carbocycles. The molecule has 0 bridgehead atoms. The number of nitrogens with one attached hydrogen (secondary N) is 1. The number of nitrogens with zero attached hydrogens (tertiary/aromatic N) is 1. The zero-order valence-corrected chi connectivity index (χ0v) is 10.9. The Balaban J connectivity index is 2.44. The molecule has 1 fully saturated rings. The summed E-state index contributed by atoms with van der Waals surface area (Å²) in [5.41, 5.74) is -1.35. The first-order valence-corrected chi connectivity index (χ1v) is 5.99. The molecule has 0 aliphatic carbocycles. The van der Waals surface area contributed by atoms with Crippen molar-refractivity contribution in [2.24, 2.45) is 0 Å². The first kappa shape index (κ1) is 15.1. The minimum atomic E-state index is -3.68. The third kappa shape index (κ3) is 4.05. The maximum Gasteiger partial charge on any atom is 0.407 e. The molecule has 1 saturated heterocycles. The van der Waals surface area contributed by atoms with Gasteiger partial charge in [0.1, 0.15) is 0 Å². The monoisotopic (exact) mass is 330 g/mol. The summed E-state index contributed by atoms with van der Waals surface area (Å²) in [5, 5.41) is 20.6. The predicted molar refractivity (Wildman–Crippen MR) is 60.7 cm³/mol. The third-order valence-electron chi connectivity index (χ3n) is 2.80. The zero-order chi connectivity index (χ0) is 14.0. The van der Waals surface area contributed by atoms with Crippen LogP contribution in [0.4, 0.5) is 13.6 Å². The van der Waals surface area contributed by atoms with Crippen molar-refractivity contribution in [2.45, 2.75) is 23.3 Å². The molecule has 1 aliphatic rings. The Labute approximate surface area is 110 Å². The molecule has 0 spiro atoms. The van der Waals surface area contributed by atoms with E-state index in [1.807, 2.05) is 21.2 Å². The number of aliphatic hydroxyl groups is 1. The molecule has 104 valence electrons. The molecule has 0 aromatic heterocycles. The van der Waals surface area contributed by atoms with Crippen molar-refractivity contribution in [2.75, 3.05) is 19.6 Å². The highest BCUT2D eigenvalue weighted by atomic mass is 79.9. The SMILES string of the molecule is O=C(O)N1CCC(O)(CNC(=O)C(F)(F)Br)CC1. The number of alkyl halides is 3. The van der Waals surface area contributed by atoms with Crippen LogP contribution in [0.3, 0.4) is 0 Å². The lowest BCUT2D eigenvalue weighted by Gasteiger charge is -2.37. The van der Waals surface area contributed by atoms with Gasteiger partial charge in [-0.15, -0.1) is 0 Å². The summed E-state index contributed by atoms with van der Waals surface area (Å²) in [5.74, 6) is -1.53. The van der Waals surface area contributed by atoms with Crippen molar-refractivity contribution in [1.82, 2.24) is 10.2 Å². The van der Waals surface area contributed by atoms with Crippen LogP contribution in [0.25, 0.3) is 0 Å². The van der Waals surface area contributed by atoms with E-state index in [4.69, 9.17) is 5.11 Å². The number of carbonyl (C=O) groups is 2. The van der Waals surface area contributed by atoms with Crippen molar-refractivity contribution in [3.8, 4) is 0 Å². The van der Waals surface area contributed by atoms with E-state index in [1.54, 1.807) is 0 Å². The lowest BCUT2D eigenvalue weighted by Crippen LogP contribution is -2.53. The van der Waals surface area contributed by atoms with Crippen molar-refractivity contribution in [1.29, 1.82) is 0 Å². The van der Waals surface area contributed by atoms with Crippen molar-refractivity contribution >= 4 is 27.9 Å². The summed E-state index contributed by atoms with van der Waals surface area (Å²) in [6.45, 7) is -0.126. The number of piperidine rings is 1. The second-order valence-corrected chi connectivity index (χ2v) is 5.17. The second-order valence-electron chi connectivity index (χ2n) is 4.17. The summed E-state index contributed by atoms with van der Waals surface area (Å²) < 4.78 is 25.0. The molecular formula is C9H13BrF2N2O4. The Kier molecular flexibility index (Phi) is 4.49. The van der Waals surface area contributed by atoms with Crippen molar-refractivity contribution in [3.63, 3.8) is 0 Å². The lowest BCUT2D eigenvalue weighted by molar-refractivity contribution is -0.136. The highest BCUT2D eigenvalue weighted by molar-refractivity contribution is 9.10. The molecule has 0 atom stereocenters. The van der Waals surface area contributed by atoms with E-state index < -0.39 is 22.4 Å². The highest BCUT2D eigenvalue weighted by Gasteiger charge is 2.38. The molecule has 9 heteroatoms. The van der Waals surface area contributed by atoms with Crippen LogP contribution in [0.15, 0.2) is 0 Å². The predicted octanol–water partition coefficient (Wildman–Crippen LogP) is 0.595. The molecule has 0 unspecified atom stereocenters. The molecule has 0 aromatic rings. The largest absolute Gasteiger partial charge is 0.465 e. The maximum atomic E-state index is 12.5. The number of rotatable bonds is 3. The second kappa shape index (κ2) is 5.35. The minimum absolute atomic E-state index is 0.0907. The van der Waals surface area contributed by atoms with Crippen LogP contribution < -0.4 is 5.32 Å². The molecule has 3 N–H and O–H groups in total. The molecule has 18 heavy (non-hydrogen) atoms. The van der Waals surface area contributed by atoms with Crippen molar-refractivity contribution < 1.29 is 28.6 Å². The Morgan fingerprint density at radius 3 is 2.28 bits per heavy atom. The van der Waals surface area contributed by atoms with Gasteiger partial charge >= 0.3 is 16.8 Å². The van der Waals surface area contributed by atoms with Crippen LogP contribution in [0.1, 0.15) is 12.8 Å². The smallest absolute Gasteiger partial charge is 0.407 e. The summed E-state index contributed by atoms with van der Waals surface area (Å²) >= 11 is 1.90. The van der Waals surface area contributed by atoms with Crippen LogP contribution >= 0.6 is 15.9 Å². The number of halogens is 3. The summed E-state index contributed by atoms with van der Waals surface area (Å²) in [6, 6.07) is 0. The van der Waals surface area contributed by atoms with E-state index >= 15 is 0 Å². The topological polar surface area (TPSA) is 89.9 Å². The third-order valence-corrected chi connectivity index (χ3v) is 3.16. The van der Waals surface area contributed by atoms with Gasteiger partial charge in [-0.2, -0.15) is 8.78 Å². The van der Waals surface area contributed by atoms with Crippen LogP contribution in [0, 0.1) is 0 Å². The van der Waals surface area contributed by atoms with E-state index in [1.165, 1.54) is 0 Å². The van der Waals surface area contributed by atoms with Crippen LogP contribution in [-0.2, 0) is 4.79 Å². The minimum Gasteiger partial charge on any atom is -0.465 e. The van der Waals surface area contributed by atoms with Crippen LogP contribution in [-0.4, -0.2) is 57.2 Å². The molecule has 2 amide bonds. The van der Waals surface area contributed by atoms with Gasteiger partial charge in [0.2, 0.25) is 0 Å². The molecule has 1 aliphatic heterocycles.